The fourth-order valence-corrected chi connectivity index (χ4v) is 1.84. The molecule has 1 fully saturated rings. The van der Waals surface area contributed by atoms with Gasteiger partial charge < -0.3 is 10.4 Å². The molecular formula is C10H17N3O2. The summed E-state index contributed by atoms with van der Waals surface area (Å²) >= 11 is 0. The quantitative estimate of drug-likeness (QED) is 0.605. The van der Waals surface area contributed by atoms with Crippen LogP contribution < -0.4 is 5.32 Å². The molecule has 1 aliphatic heterocycles. The van der Waals surface area contributed by atoms with Crippen LogP contribution in [0.3, 0.4) is 0 Å². The minimum absolute atomic E-state index is 0.0656. The second kappa shape index (κ2) is 6.38. The number of aliphatic hydroxyl groups is 1. The van der Waals surface area contributed by atoms with Crippen molar-refractivity contribution in [3.05, 3.63) is 0 Å². The zero-order chi connectivity index (χ0) is 11.1. The van der Waals surface area contributed by atoms with Crippen molar-refractivity contribution in [1.29, 1.82) is 5.26 Å². The zero-order valence-corrected chi connectivity index (χ0v) is 8.78. The van der Waals surface area contributed by atoms with E-state index in [1.807, 2.05) is 11.0 Å². The van der Waals surface area contributed by atoms with E-state index >= 15 is 0 Å². The van der Waals surface area contributed by atoms with E-state index in [2.05, 4.69) is 5.32 Å². The molecular weight excluding hydrogens is 194 g/mol. The Morgan fingerprint density at radius 3 is 3.13 bits per heavy atom. The normalized spacial score (nSPS) is 22.0. The number of nitrogens with one attached hydrogen (secondary N) is 1. The molecule has 1 unspecified atom stereocenters. The summed E-state index contributed by atoms with van der Waals surface area (Å²) in [6.07, 6.45) is 2.06. The van der Waals surface area contributed by atoms with Gasteiger partial charge in [-0.25, -0.2) is 0 Å². The average molecular weight is 211 g/mol. The number of aliphatic hydroxyl groups excluding tert-OH is 1. The average Bonchev–Trinajstić information content (AvgIpc) is 2.26. The Bertz CT molecular complexity index is 250. The number of carbonyl (C=O) groups is 1. The summed E-state index contributed by atoms with van der Waals surface area (Å²) in [7, 11) is 0. The van der Waals surface area contributed by atoms with Crippen molar-refractivity contribution in [2.75, 3.05) is 32.8 Å². The van der Waals surface area contributed by atoms with Crippen LogP contribution in [-0.4, -0.2) is 48.7 Å². The monoisotopic (exact) mass is 211 g/mol. The summed E-state index contributed by atoms with van der Waals surface area (Å²) in [5.74, 6) is 0.178. The van der Waals surface area contributed by atoms with E-state index in [4.69, 9.17) is 10.4 Å². The number of hydrogen-bond donors (Lipinski definition) is 2. The molecule has 5 heteroatoms. The van der Waals surface area contributed by atoms with Crippen LogP contribution in [0.25, 0.3) is 0 Å². The van der Waals surface area contributed by atoms with Crippen molar-refractivity contribution in [2.24, 2.45) is 5.92 Å². The van der Waals surface area contributed by atoms with Crippen molar-refractivity contribution in [3.63, 3.8) is 0 Å². The number of rotatable bonds is 4. The topological polar surface area (TPSA) is 76.4 Å². The van der Waals surface area contributed by atoms with Gasteiger partial charge in [-0.3, -0.25) is 9.69 Å². The van der Waals surface area contributed by atoms with Crippen molar-refractivity contribution < 1.29 is 9.90 Å². The van der Waals surface area contributed by atoms with Crippen LogP contribution in [0.2, 0.25) is 0 Å². The maximum Gasteiger partial charge on any atom is 0.235 e. The molecule has 0 saturated carbocycles. The second-order valence-electron chi connectivity index (χ2n) is 3.86. The van der Waals surface area contributed by atoms with Gasteiger partial charge in [0.05, 0.1) is 12.6 Å². The summed E-state index contributed by atoms with van der Waals surface area (Å²) in [6.45, 7) is 2.26. The zero-order valence-electron chi connectivity index (χ0n) is 8.78. The van der Waals surface area contributed by atoms with Gasteiger partial charge >= 0.3 is 0 Å². The molecule has 2 N–H and O–H groups in total. The molecule has 0 radical (unpaired) electrons. The maximum atomic E-state index is 11.3. The molecule has 0 bridgehead atoms. The molecule has 1 aliphatic rings. The molecule has 1 saturated heterocycles. The standard InChI is InChI=1S/C10H17N3O2/c11-3-4-12-10(15)7-13-5-1-2-9(6-13)8-14/h9,14H,1-2,4-8H2,(H,12,15). The van der Waals surface area contributed by atoms with E-state index in [0.717, 1.165) is 25.9 Å². The summed E-state index contributed by atoms with van der Waals surface area (Å²) in [5, 5.41) is 19.8. The molecule has 0 aromatic rings. The highest BCUT2D eigenvalue weighted by Gasteiger charge is 2.20. The van der Waals surface area contributed by atoms with Gasteiger partial charge in [-0.15, -0.1) is 0 Å². The first-order valence-corrected chi connectivity index (χ1v) is 5.23. The molecule has 1 atom stereocenters. The summed E-state index contributed by atoms with van der Waals surface area (Å²) in [6, 6.07) is 1.87. The van der Waals surface area contributed by atoms with Crippen molar-refractivity contribution in [1.82, 2.24) is 10.2 Å². The third kappa shape index (κ3) is 4.28. The fourth-order valence-electron chi connectivity index (χ4n) is 1.84. The highest BCUT2D eigenvalue weighted by molar-refractivity contribution is 5.78. The van der Waals surface area contributed by atoms with Gasteiger partial charge in [-0.1, -0.05) is 0 Å². The number of hydrogen-bond acceptors (Lipinski definition) is 4. The molecule has 1 amide bonds. The van der Waals surface area contributed by atoms with E-state index < -0.39 is 0 Å². The predicted octanol–water partition coefficient (Wildman–Crippen LogP) is -0.670. The Kier molecular flexibility index (Phi) is 5.08. The van der Waals surface area contributed by atoms with Crippen LogP contribution in [0.4, 0.5) is 0 Å². The molecule has 0 aliphatic carbocycles. The Hall–Kier alpha value is -1.12. The minimum Gasteiger partial charge on any atom is -0.396 e. The summed E-state index contributed by atoms with van der Waals surface area (Å²) in [5.41, 5.74) is 0. The Morgan fingerprint density at radius 2 is 2.47 bits per heavy atom. The number of nitrogens with zero attached hydrogens (tertiary/aromatic N) is 2. The van der Waals surface area contributed by atoms with Crippen LogP contribution in [-0.2, 0) is 4.79 Å². The maximum absolute atomic E-state index is 11.3. The predicted molar refractivity (Wildman–Crippen MR) is 54.9 cm³/mol. The Labute approximate surface area is 89.7 Å². The molecule has 1 rings (SSSR count). The Balaban J connectivity index is 2.25. The molecule has 84 valence electrons. The lowest BCUT2D eigenvalue weighted by Gasteiger charge is -2.30. The first-order chi connectivity index (χ1) is 7.26. The molecule has 15 heavy (non-hydrogen) atoms. The van der Waals surface area contributed by atoms with Crippen LogP contribution in [0.5, 0.6) is 0 Å². The molecule has 1 heterocycles. The Morgan fingerprint density at radius 1 is 1.67 bits per heavy atom. The highest BCUT2D eigenvalue weighted by atomic mass is 16.3. The SMILES string of the molecule is N#CCNC(=O)CN1CCCC(CO)C1. The second-order valence-corrected chi connectivity index (χ2v) is 3.86. The van der Waals surface area contributed by atoms with Gasteiger partial charge in [0.1, 0.15) is 6.54 Å². The van der Waals surface area contributed by atoms with Crippen LogP contribution >= 0.6 is 0 Å². The van der Waals surface area contributed by atoms with E-state index in [-0.39, 0.29) is 19.1 Å². The molecule has 0 spiro atoms. The highest BCUT2D eigenvalue weighted by Crippen LogP contribution is 2.14. The number of likely N-dealkylation sites (tertiary alicyclic amines) is 1. The minimum atomic E-state index is -0.116. The van der Waals surface area contributed by atoms with E-state index in [1.165, 1.54) is 0 Å². The van der Waals surface area contributed by atoms with Crippen LogP contribution in [0.15, 0.2) is 0 Å². The lowest BCUT2D eigenvalue weighted by molar-refractivity contribution is -0.122. The number of nitriles is 1. The third-order valence-corrected chi connectivity index (χ3v) is 2.59. The largest absolute Gasteiger partial charge is 0.396 e. The van der Waals surface area contributed by atoms with Gasteiger partial charge in [0.15, 0.2) is 0 Å². The van der Waals surface area contributed by atoms with E-state index in [9.17, 15) is 4.79 Å². The van der Waals surface area contributed by atoms with Crippen LogP contribution in [0.1, 0.15) is 12.8 Å². The van der Waals surface area contributed by atoms with Gasteiger partial charge in [-0.05, 0) is 25.3 Å². The summed E-state index contributed by atoms with van der Waals surface area (Å²) in [4.78, 5) is 13.3. The number of amides is 1. The smallest absolute Gasteiger partial charge is 0.235 e. The molecule has 0 aromatic carbocycles. The molecule has 5 nitrogen and oxygen atoms in total. The number of carbonyl (C=O) groups excluding carboxylic acids is 1. The van der Waals surface area contributed by atoms with Crippen molar-refractivity contribution in [2.45, 2.75) is 12.8 Å². The van der Waals surface area contributed by atoms with Crippen LogP contribution in [0, 0.1) is 17.2 Å². The first kappa shape index (κ1) is 12.0. The third-order valence-electron chi connectivity index (χ3n) is 2.59. The fraction of sp³-hybridized carbons (Fsp3) is 0.800. The van der Waals surface area contributed by atoms with Gasteiger partial charge in [0, 0.05) is 13.2 Å². The van der Waals surface area contributed by atoms with Gasteiger partial charge in [0.2, 0.25) is 5.91 Å². The lowest BCUT2D eigenvalue weighted by Crippen LogP contribution is -2.43. The van der Waals surface area contributed by atoms with Gasteiger partial charge in [-0.2, -0.15) is 5.26 Å². The first-order valence-electron chi connectivity index (χ1n) is 5.23. The van der Waals surface area contributed by atoms with E-state index in [0.29, 0.717) is 12.5 Å². The molecule has 0 aromatic heterocycles. The summed E-state index contributed by atoms with van der Waals surface area (Å²) < 4.78 is 0. The lowest BCUT2D eigenvalue weighted by atomic mass is 9.99. The number of piperidine rings is 1. The van der Waals surface area contributed by atoms with E-state index in [1.54, 1.807) is 0 Å². The van der Waals surface area contributed by atoms with Crippen molar-refractivity contribution >= 4 is 5.91 Å². The van der Waals surface area contributed by atoms with Crippen molar-refractivity contribution in [3.8, 4) is 6.07 Å². The van der Waals surface area contributed by atoms with Gasteiger partial charge in [0.25, 0.3) is 0 Å².